The number of nitrogens with one attached hydrogen (secondary N) is 3. The number of aliphatic carboxylic acids is 1. The van der Waals surface area contributed by atoms with Gasteiger partial charge in [0, 0.05) is 19.4 Å². The number of benzene rings is 1. The standard InChI is InChI=1S/C26H42N8O6/c1-15(2)13-19(33-22(36)17(27)10-11-21(28)35)23(37)34-20(14-16-7-4-3-5-8-16)24(38)32-18(25(39)40)9-6-12-31-26(29)30/h3-5,7-8,15,17-20H,6,9-14,27H2,1-2H3,(H2,28,35)(H,32,38)(H,33,36)(H,34,37)(H,39,40)(H4,29,30,31). The molecule has 4 amide bonds. The number of hydrogen-bond acceptors (Lipinski definition) is 7. The molecule has 222 valence electrons. The van der Waals surface area contributed by atoms with E-state index in [9.17, 15) is 29.1 Å². The van der Waals surface area contributed by atoms with Crippen molar-refractivity contribution in [1.29, 1.82) is 0 Å². The topological polar surface area (TPSA) is 258 Å². The molecule has 1 aromatic carbocycles. The van der Waals surface area contributed by atoms with Gasteiger partial charge in [0.2, 0.25) is 23.6 Å². The molecule has 0 spiro atoms. The number of hydrogen-bond donors (Lipinski definition) is 8. The van der Waals surface area contributed by atoms with Crippen molar-refractivity contribution >= 4 is 35.6 Å². The average molecular weight is 563 g/mol. The molecule has 0 heterocycles. The number of aliphatic imine (C=N–C) groups is 1. The van der Waals surface area contributed by atoms with Crippen molar-refractivity contribution in [1.82, 2.24) is 16.0 Å². The summed E-state index contributed by atoms with van der Waals surface area (Å²) in [5.41, 5.74) is 22.3. The summed E-state index contributed by atoms with van der Waals surface area (Å²) in [6.45, 7) is 3.89. The van der Waals surface area contributed by atoms with E-state index in [2.05, 4.69) is 20.9 Å². The van der Waals surface area contributed by atoms with Crippen LogP contribution in [0.1, 0.15) is 51.5 Å². The van der Waals surface area contributed by atoms with Crippen LogP contribution in [0.15, 0.2) is 35.3 Å². The van der Waals surface area contributed by atoms with Gasteiger partial charge in [0.1, 0.15) is 18.1 Å². The monoisotopic (exact) mass is 562 g/mol. The Balaban J connectivity index is 3.08. The highest BCUT2D eigenvalue weighted by molar-refractivity contribution is 5.94. The van der Waals surface area contributed by atoms with Crippen LogP contribution in [-0.4, -0.2) is 71.4 Å². The largest absolute Gasteiger partial charge is 0.480 e. The maximum Gasteiger partial charge on any atom is 0.326 e. The Morgan fingerprint density at radius 2 is 1.43 bits per heavy atom. The number of amides is 4. The summed E-state index contributed by atoms with van der Waals surface area (Å²) in [5, 5.41) is 17.4. The van der Waals surface area contributed by atoms with Crippen molar-refractivity contribution in [3.63, 3.8) is 0 Å². The summed E-state index contributed by atoms with van der Waals surface area (Å²) < 4.78 is 0. The molecule has 0 fully saturated rings. The number of carbonyl (C=O) groups is 5. The SMILES string of the molecule is CC(C)CC(NC(=O)C(N)CCC(N)=O)C(=O)NC(Cc1ccccc1)C(=O)NC(CCCN=C(N)N)C(=O)O. The van der Waals surface area contributed by atoms with Crippen LogP contribution in [-0.2, 0) is 30.4 Å². The zero-order valence-corrected chi connectivity index (χ0v) is 23.0. The zero-order valence-electron chi connectivity index (χ0n) is 23.0. The third kappa shape index (κ3) is 13.6. The second kappa shape index (κ2) is 17.4. The predicted octanol–water partition coefficient (Wildman–Crippen LogP) is -1.54. The molecule has 0 aliphatic rings. The third-order valence-electron chi connectivity index (χ3n) is 5.85. The van der Waals surface area contributed by atoms with Crippen LogP contribution in [0.5, 0.6) is 0 Å². The molecular weight excluding hydrogens is 520 g/mol. The number of primary amides is 1. The van der Waals surface area contributed by atoms with E-state index in [-0.39, 0.29) is 50.5 Å². The van der Waals surface area contributed by atoms with E-state index >= 15 is 0 Å². The van der Waals surface area contributed by atoms with Gasteiger partial charge >= 0.3 is 5.97 Å². The summed E-state index contributed by atoms with van der Waals surface area (Å²) in [5.74, 6) is -3.99. The molecule has 4 atom stereocenters. The predicted molar refractivity (Wildman–Crippen MR) is 149 cm³/mol. The minimum absolute atomic E-state index is 0.00990. The van der Waals surface area contributed by atoms with Gasteiger partial charge in [-0.2, -0.15) is 0 Å². The molecule has 0 saturated heterocycles. The van der Waals surface area contributed by atoms with Gasteiger partial charge in [0.15, 0.2) is 5.96 Å². The van der Waals surface area contributed by atoms with E-state index in [1.807, 2.05) is 13.8 Å². The first-order valence-electron chi connectivity index (χ1n) is 13.1. The van der Waals surface area contributed by atoms with Crippen molar-refractivity contribution in [3.8, 4) is 0 Å². The Hall–Kier alpha value is -4.20. The highest BCUT2D eigenvalue weighted by Gasteiger charge is 2.31. The second-order valence-corrected chi connectivity index (χ2v) is 9.90. The molecule has 1 aromatic rings. The van der Waals surface area contributed by atoms with E-state index in [0.29, 0.717) is 6.42 Å². The van der Waals surface area contributed by atoms with Crippen LogP contribution < -0.4 is 38.9 Å². The van der Waals surface area contributed by atoms with Crippen molar-refractivity contribution in [2.75, 3.05) is 6.54 Å². The molecule has 0 saturated carbocycles. The van der Waals surface area contributed by atoms with Crippen LogP contribution in [0, 0.1) is 5.92 Å². The van der Waals surface area contributed by atoms with Crippen LogP contribution >= 0.6 is 0 Å². The third-order valence-corrected chi connectivity index (χ3v) is 5.85. The summed E-state index contributed by atoms with van der Waals surface area (Å²) >= 11 is 0. The number of nitrogens with zero attached hydrogens (tertiary/aromatic N) is 1. The molecule has 12 N–H and O–H groups in total. The minimum atomic E-state index is -1.25. The number of carboxylic acids is 1. The van der Waals surface area contributed by atoms with E-state index < -0.39 is 53.8 Å². The molecule has 40 heavy (non-hydrogen) atoms. The minimum Gasteiger partial charge on any atom is -0.480 e. The first-order chi connectivity index (χ1) is 18.8. The van der Waals surface area contributed by atoms with Gasteiger partial charge in [-0.25, -0.2) is 4.79 Å². The maximum atomic E-state index is 13.3. The lowest BCUT2D eigenvalue weighted by Crippen LogP contribution is -2.57. The second-order valence-electron chi connectivity index (χ2n) is 9.90. The van der Waals surface area contributed by atoms with Crippen molar-refractivity contribution in [3.05, 3.63) is 35.9 Å². The highest BCUT2D eigenvalue weighted by atomic mass is 16.4. The first-order valence-corrected chi connectivity index (χ1v) is 13.1. The van der Waals surface area contributed by atoms with E-state index in [1.165, 1.54) is 0 Å². The Bertz CT molecular complexity index is 1030. The normalized spacial score (nSPS) is 13.8. The van der Waals surface area contributed by atoms with Gasteiger partial charge in [-0.3, -0.25) is 24.2 Å². The molecule has 0 aliphatic heterocycles. The summed E-state index contributed by atoms with van der Waals surface area (Å²) in [4.78, 5) is 65.8. The van der Waals surface area contributed by atoms with Crippen LogP contribution in [0.2, 0.25) is 0 Å². The average Bonchev–Trinajstić information content (AvgIpc) is 2.87. The Labute approximate surface area is 233 Å². The van der Waals surface area contributed by atoms with Gasteiger partial charge in [-0.15, -0.1) is 0 Å². The molecule has 0 aliphatic carbocycles. The van der Waals surface area contributed by atoms with Gasteiger partial charge in [-0.05, 0) is 37.2 Å². The molecule has 14 heteroatoms. The Morgan fingerprint density at radius 3 is 1.98 bits per heavy atom. The Morgan fingerprint density at radius 1 is 0.850 bits per heavy atom. The fourth-order valence-electron chi connectivity index (χ4n) is 3.78. The molecule has 1 rings (SSSR count). The van der Waals surface area contributed by atoms with Crippen molar-refractivity contribution in [2.24, 2.45) is 33.8 Å². The molecule has 4 unspecified atom stereocenters. The first kappa shape index (κ1) is 33.8. The van der Waals surface area contributed by atoms with E-state index in [1.54, 1.807) is 30.3 Å². The number of carbonyl (C=O) groups excluding carboxylic acids is 4. The lowest BCUT2D eigenvalue weighted by molar-refractivity contribution is -0.142. The van der Waals surface area contributed by atoms with Gasteiger partial charge in [0.25, 0.3) is 0 Å². The zero-order chi connectivity index (χ0) is 30.2. The molecule has 0 radical (unpaired) electrons. The highest BCUT2D eigenvalue weighted by Crippen LogP contribution is 2.10. The summed E-state index contributed by atoms with van der Waals surface area (Å²) in [6, 6.07) is 4.38. The number of guanidine groups is 1. The molecule has 0 bridgehead atoms. The van der Waals surface area contributed by atoms with Gasteiger partial charge in [0.05, 0.1) is 6.04 Å². The lowest BCUT2D eigenvalue weighted by atomic mass is 10.00. The lowest BCUT2D eigenvalue weighted by Gasteiger charge is -2.26. The Kier molecular flexibility index (Phi) is 14.7. The van der Waals surface area contributed by atoms with Gasteiger partial charge < -0.3 is 44.0 Å². The fraction of sp³-hybridized carbons (Fsp3) is 0.538. The summed E-state index contributed by atoms with van der Waals surface area (Å²) in [7, 11) is 0. The maximum absolute atomic E-state index is 13.3. The van der Waals surface area contributed by atoms with Crippen LogP contribution in [0.3, 0.4) is 0 Å². The van der Waals surface area contributed by atoms with Crippen LogP contribution in [0.4, 0.5) is 0 Å². The van der Waals surface area contributed by atoms with Gasteiger partial charge in [-0.1, -0.05) is 44.2 Å². The number of rotatable bonds is 18. The van der Waals surface area contributed by atoms with Crippen LogP contribution in [0.25, 0.3) is 0 Å². The molecule has 0 aromatic heterocycles. The van der Waals surface area contributed by atoms with E-state index in [4.69, 9.17) is 22.9 Å². The summed E-state index contributed by atoms with van der Waals surface area (Å²) in [6.07, 6.45) is 0.575. The van der Waals surface area contributed by atoms with E-state index in [0.717, 1.165) is 5.56 Å². The number of nitrogens with two attached hydrogens (primary N) is 4. The fourth-order valence-corrected chi connectivity index (χ4v) is 3.78. The van der Waals surface area contributed by atoms with Crippen molar-refractivity contribution in [2.45, 2.75) is 76.5 Å². The molecule has 14 nitrogen and oxygen atoms in total. The number of carboxylic acid groups (broad SMARTS) is 1. The van der Waals surface area contributed by atoms with Crippen molar-refractivity contribution < 1.29 is 29.1 Å². The molecular formula is C26H42N8O6. The quantitative estimate of drug-likeness (QED) is 0.0585. The smallest absolute Gasteiger partial charge is 0.326 e.